The lowest BCUT2D eigenvalue weighted by molar-refractivity contribution is 0.0926. The minimum absolute atomic E-state index is 0.217. The van der Waals surface area contributed by atoms with Crippen LogP contribution in [0.1, 0.15) is 31.8 Å². The lowest BCUT2D eigenvalue weighted by Crippen LogP contribution is -2.30. The van der Waals surface area contributed by atoms with E-state index in [0.717, 1.165) is 10.5 Å². The van der Waals surface area contributed by atoms with E-state index in [4.69, 9.17) is 18.0 Å². The van der Waals surface area contributed by atoms with Gasteiger partial charge in [-0.15, -0.1) is 0 Å². The molecule has 1 aromatic carbocycles. The highest BCUT2D eigenvalue weighted by Crippen LogP contribution is 2.30. The van der Waals surface area contributed by atoms with E-state index in [1.165, 1.54) is 12.4 Å². The summed E-state index contributed by atoms with van der Waals surface area (Å²) in [5.41, 5.74) is 8.18. The van der Waals surface area contributed by atoms with Gasteiger partial charge in [-0.2, -0.15) is 0 Å². The molecule has 3 rings (SSSR count). The van der Waals surface area contributed by atoms with Crippen LogP contribution < -0.4 is 10.6 Å². The Kier molecular flexibility index (Phi) is 3.03. The average Bonchev–Trinajstić information content (AvgIpc) is 2.72. The second-order valence-corrected chi connectivity index (χ2v) is 5.17. The molecule has 2 N–H and O–H groups in total. The van der Waals surface area contributed by atoms with E-state index in [1.807, 2.05) is 6.92 Å². The zero-order valence-electron chi connectivity index (χ0n) is 11.2. The minimum Gasteiger partial charge on any atom is -0.389 e. The molecule has 1 aliphatic rings. The number of aryl methyl sites for hydroxylation is 1. The summed E-state index contributed by atoms with van der Waals surface area (Å²) in [5.74, 6) is -0.744. The molecule has 0 saturated heterocycles. The van der Waals surface area contributed by atoms with Crippen molar-refractivity contribution < 1.29 is 9.59 Å². The first kappa shape index (κ1) is 13.4. The fourth-order valence-corrected chi connectivity index (χ4v) is 2.43. The summed E-state index contributed by atoms with van der Waals surface area (Å²) in [6.45, 7) is 1.82. The van der Waals surface area contributed by atoms with Crippen molar-refractivity contribution >= 4 is 34.7 Å². The van der Waals surface area contributed by atoms with Crippen molar-refractivity contribution in [3.05, 3.63) is 58.9 Å². The van der Waals surface area contributed by atoms with Gasteiger partial charge >= 0.3 is 0 Å². The Morgan fingerprint density at radius 2 is 1.90 bits per heavy atom. The maximum absolute atomic E-state index is 12.5. The summed E-state index contributed by atoms with van der Waals surface area (Å²) < 4.78 is 0. The molecule has 5 nitrogen and oxygen atoms in total. The van der Waals surface area contributed by atoms with Crippen molar-refractivity contribution in [3.8, 4) is 0 Å². The van der Waals surface area contributed by atoms with Crippen LogP contribution in [-0.2, 0) is 0 Å². The highest BCUT2D eigenvalue weighted by molar-refractivity contribution is 7.80. The number of fused-ring (bicyclic) bond motifs is 1. The van der Waals surface area contributed by atoms with Crippen LogP contribution in [-0.4, -0.2) is 21.8 Å². The van der Waals surface area contributed by atoms with Crippen LogP contribution in [0.25, 0.3) is 0 Å². The van der Waals surface area contributed by atoms with Crippen LogP contribution in [0, 0.1) is 6.92 Å². The molecule has 21 heavy (non-hydrogen) atoms. The van der Waals surface area contributed by atoms with E-state index in [1.54, 1.807) is 24.3 Å². The number of aromatic nitrogens is 1. The molecule has 1 aromatic heterocycles. The maximum atomic E-state index is 12.5. The number of thiocarbonyl (C=S) groups is 1. The van der Waals surface area contributed by atoms with Gasteiger partial charge in [-0.05, 0) is 24.6 Å². The monoisotopic (exact) mass is 297 g/mol. The van der Waals surface area contributed by atoms with E-state index >= 15 is 0 Å². The number of hydrogen-bond acceptors (Lipinski definition) is 4. The van der Waals surface area contributed by atoms with Crippen LogP contribution in [0.5, 0.6) is 0 Å². The quantitative estimate of drug-likeness (QED) is 0.676. The molecule has 0 unspecified atom stereocenters. The SMILES string of the molecule is Cc1ccc(C(N)=S)cc1N1C(=O)c2ccncc2C1=O. The van der Waals surface area contributed by atoms with Gasteiger partial charge in [0.15, 0.2) is 0 Å². The number of carbonyl (C=O) groups excluding carboxylic acids is 2. The van der Waals surface area contributed by atoms with E-state index in [0.29, 0.717) is 22.4 Å². The Labute approximate surface area is 126 Å². The molecule has 0 saturated carbocycles. The minimum atomic E-state index is -0.383. The van der Waals surface area contributed by atoms with Gasteiger partial charge in [0.1, 0.15) is 4.99 Å². The second-order valence-electron chi connectivity index (χ2n) is 4.73. The highest BCUT2D eigenvalue weighted by atomic mass is 32.1. The normalized spacial score (nSPS) is 13.5. The number of pyridine rings is 1. The van der Waals surface area contributed by atoms with Crippen molar-refractivity contribution in [2.45, 2.75) is 6.92 Å². The summed E-state index contributed by atoms with van der Waals surface area (Å²) >= 11 is 4.95. The average molecular weight is 297 g/mol. The smallest absolute Gasteiger partial charge is 0.267 e. The third-order valence-corrected chi connectivity index (χ3v) is 3.66. The van der Waals surface area contributed by atoms with Crippen molar-refractivity contribution in [3.63, 3.8) is 0 Å². The lowest BCUT2D eigenvalue weighted by Gasteiger charge is -2.17. The molecule has 2 amide bonds. The van der Waals surface area contributed by atoms with Crippen LogP contribution in [0.4, 0.5) is 5.69 Å². The predicted octanol–water partition coefficient (Wildman–Crippen LogP) is 1.82. The number of anilines is 1. The number of hydrogen-bond donors (Lipinski definition) is 1. The standard InChI is InChI=1S/C15H11N3O2S/c1-8-2-3-9(13(16)21)6-12(8)18-14(19)10-4-5-17-7-11(10)15(18)20/h2-7H,1H3,(H2,16,21). The molecule has 1 aliphatic heterocycles. The van der Waals surface area contributed by atoms with E-state index in [9.17, 15) is 9.59 Å². The van der Waals surface area contributed by atoms with Gasteiger partial charge in [-0.25, -0.2) is 4.90 Å². The van der Waals surface area contributed by atoms with Crippen LogP contribution in [0.2, 0.25) is 0 Å². The molecular formula is C15H11N3O2S. The van der Waals surface area contributed by atoms with Crippen LogP contribution >= 0.6 is 12.2 Å². The molecule has 0 aliphatic carbocycles. The second kappa shape index (κ2) is 4.75. The van der Waals surface area contributed by atoms with Gasteiger partial charge in [-0.1, -0.05) is 24.4 Å². The number of nitrogens with two attached hydrogens (primary N) is 1. The third kappa shape index (κ3) is 2.00. The Bertz CT molecular complexity index is 766. The summed E-state index contributed by atoms with van der Waals surface area (Å²) in [4.78, 5) is 30.2. The summed E-state index contributed by atoms with van der Waals surface area (Å²) in [5, 5.41) is 0. The molecule has 0 fully saturated rings. The first-order chi connectivity index (χ1) is 10.0. The molecule has 0 radical (unpaired) electrons. The third-order valence-electron chi connectivity index (χ3n) is 3.42. The molecule has 2 heterocycles. The maximum Gasteiger partial charge on any atom is 0.267 e. The molecule has 6 heteroatoms. The summed E-state index contributed by atoms with van der Waals surface area (Å²) in [6, 6.07) is 6.75. The largest absolute Gasteiger partial charge is 0.389 e. The zero-order chi connectivity index (χ0) is 15.1. The fraction of sp³-hybridized carbons (Fsp3) is 0.0667. The number of carbonyl (C=O) groups is 2. The van der Waals surface area contributed by atoms with Gasteiger partial charge in [0.2, 0.25) is 0 Å². The Morgan fingerprint density at radius 3 is 2.57 bits per heavy atom. The van der Waals surface area contributed by atoms with E-state index < -0.39 is 0 Å². The topological polar surface area (TPSA) is 76.3 Å². The molecule has 104 valence electrons. The number of nitrogens with zero attached hydrogens (tertiary/aromatic N) is 2. The van der Waals surface area contributed by atoms with Gasteiger partial charge in [-0.3, -0.25) is 14.6 Å². The molecule has 0 atom stereocenters. The van der Waals surface area contributed by atoms with Gasteiger partial charge in [0.25, 0.3) is 11.8 Å². The van der Waals surface area contributed by atoms with Gasteiger partial charge < -0.3 is 5.73 Å². The number of imide groups is 1. The first-order valence-electron chi connectivity index (χ1n) is 6.24. The number of rotatable bonds is 2. The predicted molar refractivity (Wildman–Crippen MR) is 82.4 cm³/mol. The van der Waals surface area contributed by atoms with Crippen LogP contribution in [0.3, 0.4) is 0 Å². The van der Waals surface area contributed by atoms with E-state index in [-0.39, 0.29) is 16.8 Å². The number of benzene rings is 1. The summed E-state index contributed by atoms with van der Waals surface area (Å²) in [6.07, 6.45) is 2.90. The first-order valence-corrected chi connectivity index (χ1v) is 6.65. The molecule has 0 bridgehead atoms. The van der Waals surface area contributed by atoms with Crippen LogP contribution in [0.15, 0.2) is 36.7 Å². The zero-order valence-corrected chi connectivity index (χ0v) is 12.0. The number of amides is 2. The molecular weight excluding hydrogens is 286 g/mol. The Morgan fingerprint density at radius 1 is 1.19 bits per heavy atom. The molecule has 2 aromatic rings. The Hall–Kier alpha value is -2.60. The van der Waals surface area contributed by atoms with E-state index in [2.05, 4.69) is 4.98 Å². The van der Waals surface area contributed by atoms with Gasteiger partial charge in [0, 0.05) is 18.0 Å². The van der Waals surface area contributed by atoms with Gasteiger partial charge in [0.05, 0.1) is 16.8 Å². The summed E-state index contributed by atoms with van der Waals surface area (Å²) in [7, 11) is 0. The Balaban J connectivity index is 2.15. The van der Waals surface area contributed by atoms with Crippen molar-refractivity contribution in [1.29, 1.82) is 0 Å². The molecule has 0 spiro atoms. The highest BCUT2D eigenvalue weighted by Gasteiger charge is 2.37. The van der Waals surface area contributed by atoms with Crippen molar-refractivity contribution in [2.75, 3.05) is 4.90 Å². The fourth-order valence-electron chi connectivity index (χ4n) is 2.31. The van der Waals surface area contributed by atoms with Crippen molar-refractivity contribution in [2.24, 2.45) is 5.73 Å². The lowest BCUT2D eigenvalue weighted by atomic mass is 10.1. The van der Waals surface area contributed by atoms with Crippen molar-refractivity contribution in [1.82, 2.24) is 4.98 Å².